The summed E-state index contributed by atoms with van der Waals surface area (Å²) in [6.45, 7) is 0. The Morgan fingerprint density at radius 2 is 2.16 bits per heavy atom. The first kappa shape index (κ1) is 11.4. The Morgan fingerprint density at radius 1 is 1.26 bits per heavy atom. The van der Waals surface area contributed by atoms with Crippen LogP contribution in [-0.4, -0.2) is 28.3 Å². The van der Waals surface area contributed by atoms with Crippen LogP contribution in [-0.2, 0) is 0 Å². The van der Waals surface area contributed by atoms with E-state index in [2.05, 4.69) is 15.0 Å². The maximum absolute atomic E-state index is 10.6. The van der Waals surface area contributed by atoms with Crippen molar-refractivity contribution in [2.45, 2.75) is 0 Å². The first-order valence-electron chi connectivity index (χ1n) is 5.75. The first-order valence-corrected chi connectivity index (χ1v) is 5.75. The van der Waals surface area contributed by atoms with Gasteiger partial charge in [-0.25, -0.2) is 4.98 Å². The van der Waals surface area contributed by atoms with Gasteiger partial charge in [-0.2, -0.15) is 0 Å². The topological polar surface area (TPSA) is 67.9 Å². The number of nitrogens with one attached hydrogen (secondary N) is 1. The Labute approximate surface area is 109 Å². The van der Waals surface area contributed by atoms with Crippen LogP contribution in [0.1, 0.15) is 10.5 Å². The van der Waals surface area contributed by atoms with Crippen LogP contribution in [0.4, 0.5) is 0 Å². The van der Waals surface area contributed by atoms with E-state index in [0.717, 1.165) is 22.2 Å². The molecule has 1 aromatic carbocycles. The summed E-state index contributed by atoms with van der Waals surface area (Å²) < 4.78 is 5.37. The number of hydrogen-bond acceptors (Lipinski definition) is 4. The van der Waals surface area contributed by atoms with Crippen molar-refractivity contribution in [1.82, 2.24) is 15.0 Å². The Bertz CT molecular complexity index is 732. The monoisotopic (exact) mass is 253 g/mol. The summed E-state index contributed by atoms with van der Waals surface area (Å²) in [7, 11) is 1.63. The van der Waals surface area contributed by atoms with Crippen molar-refractivity contribution in [2.24, 2.45) is 0 Å². The number of carbonyl (C=O) groups is 1. The lowest BCUT2D eigenvalue weighted by Gasteiger charge is -2.04. The number of fused-ring (bicyclic) bond motifs is 1. The molecule has 0 radical (unpaired) electrons. The van der Waals surface area contributed by atoms with Gasteiger partial charge in [-0.3, -0.25) is 9.78 Å². The maximum atomic E-state index is 10.6. The molecular weight excluding hydrogens is 242 g/mol. The summed E-state index contributed by atoms with van der Waals surface area (Å²) in [4.78, 5) is 22.0. The molecule has 5 nitrogen and oxygen atoms in total. The minimum atomic E-state index is 0.315. The van der Waals surface area contributed by atoms with E-state index in [4.69, 9.17) is 4.74 Å². The fourth-order valence-corrected chi connectivity index (χ4v) is 2.06. The molecule has 2 heterocycles. The van der Waals surface area contributed by atoms with Crippen molar-refractivity contribution in [3.8, 4) is 17.0 Å². The molecule has 0 fully saturated rings. The van der Waals surface area contributed by atoms with Gasteiger partial charge in [-0.05, 0) is 12.1 Å². The van der Waals surface area contributed by atoms with Gasteiger partial charge < -0.3 is 9.72 Å². The normalized spacial score (nSPS) is 10.6. The van der Waals surface area contributed by atoms with E-state index < -0.39 is 0 Å². The van der Waals surface area contributed by atoms with Crippen LogP contribution in [0.5, 0.6) is 5.75 Å². The standard InChI is InChI=1S/C14H11N3O2/c1-19-13-4-2-3-11-14(13)10(6-17-11)12-7-15-9(8-18)5-16-12/h2-8,17H,1H3. The Kier molecular flexibility index (Phi) is 2.72. The van der Waals surface area contributed by atoms with Gasteiger partial charge in [0.25, 0.3) is 0 Å². The summed E-state index contributed by atoms with van der Waals surface area (Å²) in [5.41, 5.74) is 2.88. The molecule has 3 aromatic rings. The van der Waals surface area contributed by atoms with E-state index in [-0.39, 0.29) is 0 Å². The van der Waals surface area contributed by atoms with Gasteiger partial charge in [-0.15, -0.1) is 0 Å². The number of nitrogens with zero attached hydrogens (tertiary/aromatic N) is 2. The third kappa shape index (κ3) is 1.85. The van der Waals surface area contributed by atoms with E-state index in [0.29, 0.717) is 17.7 Å². The van der Waals surface area contributed by atoms with Crippen LogP contribution >= 0.6 is 0 Å². The van der Waals surface area contributed by atoms with Gasteiger partial charge in [0, 0.05) is 17.3 Å². The number of benzene rings is 1. The quantitative estimate of drug-likeness (QED) is 0.728. The number of H-pyrrole nitrogens is 1. The van der Waals surface area contributed by atoms with E-state index in [9.17, 15) is 4.79 Å². The molecule has 0 atom stereocenters. The zero-order valence-electron chi connectivity index (χ0n) is 10.3. The van der Waals surface area contributed by atoms with Crippen LogP contribution in [0, 0.1) is 0 Å². The van der Waals surface area contributed by atoms with E-state index in [1.165, 1.54) is 6.20 Å². The Hall–Kier alpha value is -2.69. The highest BCUT2D eigenvalue weighted by Crippen LogP contribution is 2.33. The SMILES string of the molecule is COc1cccc2[nH]cc(-c3cnc(C=O)cn3)c12. The fraction of sp³-hybridized carbons (Fsp3) is 0.0714. The lowest BCUT2D eigenvalue weighted by atomic mass is 10.1. The summed E-state index contributed by atoms with van der Waals surface area (Å²) in [5.74, 6) is 0.773. The molecule has 2 aromatic heterocycles. The third-order valence-electron chi connectivity index (χ3n) is 2.96. The zero-order valence-corrected chi connectivity index (χ0v) is 10.3. The molecular formula is C14H11N3O2. The van der Waals surface area contributed by atoms with Crippen LogP contribution in [0.3, 0.4) is 0 Å². The molecule has 0 aliphatic heterocycles. The van der Waals surface area contributed by atoms with Crippen LogP contribution in [0.15, 0.2) is 36.8 Å². The molecule has 3 rings (SSSR count). The Morgan fingerprint density at radius 3 is 2.84 bits per heavy atom. The predicted octanol–water partition coefficient (Wildman–Crippen LogP) is 2.45. The van der Waals surface area contributed by atoms with E-state index >= 15 is 0 Å². The minimum Gasteiger partial charge on any atom is -0.496 e. The molecule has 94 valence electrons. The first-order chi connectivity index (χ1) is 9.33. The van der Waals surface area contributed by atoms with Gasteiger partial charge in [0.15, 0.2) is 6.29 Å². The number of aldehydes is 1. The molecule has 19 heavy (non-hydrogen) atoms. The van der Waals surface area contributed by atoms with E-state index in [1.807, 2.05) is 24.4 Å². The van der Waals surface area contributed by atoms with Gasteiger partial charge in [-0.1, -0.05) is 6.07 Å². The van der Waals surface area contributed by atoms with Gasteiger partial charge in [0.2, 0.25) is 0 Å². The summed E-state index contributed by atoms with van der Waals surface area (Å²) >= 11 is 0. The number of ether oxygens (including phenoxy) is 1. The van der Waals surface area contributed by atoms with Crippen molar-refractivity contribution < 1.29 is 9.53 Å². The molecule has 0 saturated heterocycles. The number of rotatable bonds is 3. The molecule has 5 heteroatoms. The second-order valence-electron chi connectivity index (χ2n) is 4.03. The molecule has 0 aliphatic carbocycles. The lowest BCUT2D eigenvalue weighted by Crippen LogP contribution is -1.91. The lowest BCUT2D eigenvalue weighted by molar-refractivity contribution is 0.111. The average Bonchev–Trinajstić information content (AvgIpc) is 2.91. The highest BCUT2D eigenvalue weighted by Gasteiger charge is 2.12. The predicted molar refractivity (Wildman–Crippen MR) is 71.3 cm³/mol. The van der Waals surface area contributed by atoms with Crippen LogP contribution in [0.2, 0.25) is 0 Å². The number of methoxy groups -OCH3 is 1. The average molecular weight is 253 g/mol. The highest BCUT2D eigenvalue weighted by atomic mass is 16.5. The molecule has 0 spiro atoms. The van der Waals surface area contributed by atoms with Crippen molar-refractivity contribution in [2.75, 3.05) is 7.11 Å². The molecule has 1 N–H and O–H groups in total. The second kappa shape index (κ2) is 4.53. The third-order valence-corrected chi connectivity index (χ3v) is 2.96. The number of aromatic amines is 1. The van der Waals surface area contributed by atoms with Gasteiger partial charge in [0.1, 0.15) is 11.4 Å². The van der Waals surface area contributed by atoms with Crippen LogP contribution in [0.25, 0.3) is 22.2 Å². The molecule has 0 unspecified atom stereocenters. The highest BCUT2D eigenvalue weighted by molar-refractivity contribution is 5.99. The van der Waals surface area contributed by atoms with Gasteiger partial charge >= 0.3 is 0 Å². The summed E-state index contributed by atoms with van der Waals surface area (Å²) in [5, 5.41) is 0.957. The second-order valence-corrected chi connectivity index (χ2v) is 4.03. The largest absolute Gasteiger partial charge is 0.496 e. The maximum Gasteiger partial charge on any atom is 0.170 e. The number of carbonyl (C=O) groups excluding carboxylic acids is 1. The van der Waals surface area contributed by atoms with Crippen molar-refractivity contribution >= 4 is 17.2 Å². The van der Waals surface area contributed by atoms with Crippen molar-refractivity contribution in [1.29, 1.82) is 0 Å². The molecule has 0 saturated carbocycles. The van der Waals surface area contributed by atoms with Crippen molar-refractivity contribution in [3.05, 3.63) is 42.5 Å². The number of aromatic nitrogens is 3. The fourth-order valence-electron chi connectivity index (χ4n) is 2.06. The smallest absolute Gasteiger partial charge is 0.170 e. The Balaban J connectivity index is 2.21. The van der Waals surface area contributed by atoms with Crippen molar-refractivity contribution in [3.63, 3.8) is 0 Å². The van der Waals surface area contributed by atoms with E-state index in [1.54, 1.807) is 13.3 Å². The summed E-state index contributed by atoms with van der Waals surface area (Å²) in [6, 6.07) is 5.78. The van der Waals surface area contributed by atoms with Crippen LogP contribution < -0.4 is 4.74 Å². The molecule has 0 amide bonds. The molecule has 0 aliphatic rings. The minimum absolute atomic E-state index is 0.315. The van der Waals surface area contributed by atoms with Gasteiger partial charge in [0.05, 0.1) is 30.6 Å². The zero-order chi connectivity index (χ0) is 13.2. The summed E-state index contributed by atoms with van der Waals surface area (Å²) in [6.07, 6.45) is 5.57. The molecule has 0 bridgehead atoms. The number of hydrogen-bond donors (Lipinski definition) is 1.